The van der Waals surface area contributed by atoms with E-state index in [0.29, 0.717) is 42.2 Å². The third-order valence-corrected chi connectivity index (χ3v) is 10.9. The topological polar surface area (TPSA) is 95.4 Å². The van der Waals surface area contributed by atoms with E-state index in [4.69, 9.17) is 9.72 Å². The van der Waals surface area contributed by atoms with E-state index in [0.717, 1.165) is 49.6 Å². The van der Waals surface area contributed by atoms with Crippen LogP contribution in [0.1, 0.15) is 57.8 Å². The zero-order valence-electron chi connectivity index (χ0n) is 25.3. The molecule has 44 heavy (non-hydrogen) atoms. The van der Waals surface area contributed by atoms with Gasteiger partial charge in [-0.2, -0.15) is 5.10 Å². The second kappa shape index (κ2) is 11.9. The average molecular weight is 608 g/mol. The molecule has 0 amide bonds. The zero-order chi connectivity index (χ0) is 29.8. The van der Waals surface area contributed by atoms with Gasteiger partial charge in [-0.1, -0.05) is 6.42 Å². The summed E-state index contributed by atoms with van der Waals surface area (Å²) < 4.78 is 36.6. The van der Waals surface area contributed by atoms with E-state index in [1.165, 1.54) is 61.7 Å². The second-order valence-electron chi connectivity index (χ2n) is 13.5. The minimum atomic E-state index is -0.687. The maximum atomic E-state index is 14.7. The first kappa shape index (κ1) is 28.7. The van der Waals surface area contributed by atoms with Crippen molar-refractivity contribution in [1.82, 2.24) is 40.8 Å². The van der Waals surface area contributed by atoms with Crippen LogP contribution in [-0.4, -0.2) is 87.9 Å². The monoisotopic (exact) mass is 607 g/mol. The van der Waals surface area contributed by atoms with Gasteiger partial charge in [-0.3, -0.25) is 10.7 Å². The van der Waals surface area contributed by atoms with Gasteiger partial charge in [-0.05, 0) is 81.9 Å². The van der Waals surface area contributed by atoms with Crippen LogP contribution in [-0.2, 0) is 4.74 Å². The van der Waals surface area contributed by atoms with Gasteiger partial charge in [0.15, 0.2) is 11.5 Å². The molecule has 6 heterocycles. The Labute approximate surface area is 256 Å². The Morgan fingerprint density at radius 3 is 2.80 bits per heavy atom. The predicted molar refractivity (Wildman–Crippen MR) is 163 cm³/mol. The molecule has 236 valence electrons. The number of fused-ring (bicyclic) bond motifs is 6. The number of hydrogen-bond donors (Lipinski definition) is 3. The molecule has 1 aliphatic carbocycles. The van der Waals surface area contributed by atoms with Gasteiger partial charge in [0, 0.05) is 50.4 Å². The highest BCUT2D eigenvalue weighted by Gasteiger charge is 2.48. The van der Waals surface area contributed by atoms with Gasteiger partial charge >= 0.3 is 0 Å². The Balaban J connectivity index is 1.07. The van der Waals surface area contributed by atoms with Crippen LogP contribution in [0.2, 0.25) is 0 Å². The first-order valence-electron chi connectivity index (χ1n) is 16.6. The van der Waals surface area contributed by atoms with Crippen molar-refractivity contribution in [3.8, 4) is 5.69 Å². The van der Waals surface area contributed by atoms with E-state index >= 15 is 0 Å². The first-order chi connectivity index (χ1) is 21.5. The number of nitrogens with zero attached hydrogens (tertiary/aromatic N) is 6. The summed E-state index contributed by atoms with van der Waals surface area (Å²) in [5.41, 5.74) is 4.48. The molecule has 4 aliphatic heterocycles. The average Bonchev–Trinajstić information content (AvgIpc) is 3.71. The summed E-state index contributed by atoms with van der Waals surface area (Å²) in [7, 11) is 2.24. The number of piperidine rings is 1. The van der Waals surface area contributed by atoms with Crippen molar-refractivity contribution in [3.05, 3.63) is 42.4 Å². The SMILES string of the molecule is CN1NC2CCCC3C4CCCC(N4)O[C@H]4C[C@@H](CNCCCC1C23)N(c1ncnc2c1cnn2-c1ccc(F)cc1F)C4. The zero-order valence-corrected chi connectivity index (χ0v) is 25.3. The number of rotatable bonds is 2. The van der Waals surface area contributed by atoms with Crippen LogP contribution < -0.4 is 21.0 Å². The smallest absolute Gasteiger partial charge is 0.168 e. The van der Waals surface area contributed by atoms with Gasteiger partial charge in [0.25, 0.3) is 0 Å². The summed E-state index contributed by atoms with van der Waals surface area (Å²) in [6, 6.07) is 5.31. The molecule has 3 aromatic rings. The molecule has 1 saturated carbocycles. The molecular weight excluding hydrogens is 564 g/mol. The first-order valence-corrected chi connectivity index (χ1v) is 16.6. The van der Waals surface area contributed by atoms with Gasteiger partial charge in [0.2, 0.25) is 0 Å². The standard InChI is InChI=1S/C32H43F2N9O/c1-41-28-8-4-12-35-15-20-14-21(44-29-9-3-6-25(39-29)22-5-2-7-26(40-41)30(22)28)17-42(20)31-23-16-38-43(32(23)37-18-36-31)27-11-10-19(33)13-24(27)34/h10-11,13,16,18,20-22,25-26,28-30,35,39-40H,2-9,12,14-15,17H2,1H3/t20-,21-,22?,25?,26?,28?,29?,30?/m0/s1. The number of hydrogen-bond acceptors (Lipinski definition) is 9. The van der Waals surface area contributed by atoms with Crippen molar-refractivity contribution in [2.75, 3.05) is 31.6 Å². The highest BCUT2D eigenvalue weighted by molar-refractivity contribution is 5.88. The summed E-state index contributed by atoms with van der Waals surface area (Å²) in [5.74, 6) is 0.813. The predicted octanol–water partition coefficient (Wildman–Crippen LogP) is 3.51. The number of benzene rings is 1. The van der Waals surface area contributed by atoms with Crippen molar-refractivity contribution < 1.29 is 13.5 Å². The molecule has 2 aromatic heterocycles. The number of anilines is 1. The fraction of sp³-hybridized carbons (Fsp3) is 0.656. The van der Waals surface area contributed by atoms with Gasteiger partial charge < -0.3 is 15.0 Å². The lowest BCUT2D eigenvalue weighted by molar-refractivity contribution is -0.0544. The van der Waals surface area contributed by atoms with Crippen molar-refractivity contribution in [2.45, 2.75) is 94.3 Å². The van der Waals surface area contributed by atoms with E-state index in [1.54, 1.807) is 6.20 Å². The number of hydrazine groups is 1. The molecule has 4 bridgehead atoms. The lowest BCUT2D eigenvalue weighted by atomic mass is 9.68. The van der Waals surface area contributed by atoms with E-state index in [9.17, 15) is 8.78 Å². The summed E-state index contributed by atoms with van der Waals surface area (Å²) in [6.07, 6.45) is 13.8. The third kappa shape index (κ3) is 5.18. The van der Waals surface area contributed by atoms with Gasteiger partial charge in [-0.25, -0.2) is 28.4 Å². The molecule has 10 nitrogen and oxygen atoms in total. The molecule has 5 aliphatic rings. The van der Waals surface area contributed by atoms with Crippen LogP contribution in [0.5, 0.6) is 0 Å². The highest BCUT2D eigenvalue weighted by atomic mass is 19.1. The summed E-state index contributed by atoms with van der Waals surface area (Å²) in [5, 5.41) is 15.4. The molecule has 6 unspecified atom stereocenters. The minimum Gasteiger partial charge on any atom is -0.358 e. The van der Waals surface area contributed by atoms with Crippen LogP contribution in [0.3, 0.4) is 0 Å². The minimum absolute atomic E-state index is 0.0537. The van der Waals surface area contributed by atoms with Crippen LogP contribution in [0, 0.1) is 23.5 Å². The Kier molecular flexibility index (Phi) is 7.74. The summed E-state index contributed by atoms with van der Waals surface area (Å²) in [6.45, 7) is 2.50. The number of aromatic nitrogens is 4. The fourth-order valence-corrected chi connectivity index (χ4v) is 9.06. The Morgan fingerprint density at radius 1 is 1.00 bits per heavy atom. The molecule has 12 heteroatoms. The normalized spacial score (nSPS) is 34.9. The quantitative estimate of drug-likeness (QED) is 0.405. The number of ether oxygens (including phenoxy) is 1. The lowest BCUT2D eigenvalue weighted by Gasteiger charge is -2.44. The molecule has 5 fully saturated rings. The van der Waals surface area contributed by atoms with Crippen LogP contribution in [0.4, 0.5) is 14.6 Å². The third-order valence-electron chi connectivity index (χ3n) is 10.9. The fourth-order valence-electron chi connectivity index (χ4n) is 9.06. The van der Waals surface area contributed by atoms with E-state index in [-0.39, 0.29) is 24.1 Å². The van der Waals surface area contributed by atoms with E-state index < -0.39 is 11.6 Å². The highest BCUT2D eigenvalue weighted by Crippen LogP contribution is 2.43. The Bertz CT molecular complexity index is 1490. The van der Waals surface area contributed by atoms with Crippen molar-refractivity contribution >= 4 is 16.9 Å². The summed E-state index contributed by atoms with van der Waals surface area (Å²) in [4.78, 5) is 11.5. The molecule has 4 saturated heterocycles. The summed E-state index contributed by atoms with van der Waals surface area (Å²) >= 11 is 0. The van der Waals surface area contributed by atoms with E-state index in [2.05, 4.69) is 43.1 Å². The number of halogens is 2. The largest absolute Gasteiger partial charge is 0.358 e. The van der Waals surface area contributed by atoms with E-state index in [1.807, 2.05) is 0 Å². The molecule has 1 aromatic carbocycles. The second-order valence-corrected chi connectivity index (χ2v) is 13.5. The molecule has 0 spiro atoms. The van der Waals surface area contributed by atoms with Crippen molar-refractivity contribution in [3.63, 3.8) is 0 Å². The maximum Gasteiger partial charge on any atom is 0.168 e. The molecule has 0 radical (unpaired) electrons. The van der Waals surface area contributed by atoms with Crippen LogP contribution >= 0.6 is 0 Å². The molecular formula is C32H43F2N9O. The van der Waals surface area contributed by atoms with Crippen molar-refractivity contribution in [2.24, 2.45) is 11.8 Å². The Hall–Kier alpha value is -2.77. The van der Waals surface area contributed by atoms with Crippen molar-refractivity contribution in [1.29, 1.82) is 0 Å². The number of nitrogens with one attached hydrogen (secondary N) is 3. The molecule has 8 atom stereocenters. The lowest BCUT2D eigenvalue weighted by Crippen LogP contribution is -2.54. The van der Waals surface area contributed by atoms with Gasteiger partial charge in [0.05, 0.1) is 17.7 Å². The van der Waals surface area contributed by atoms with Crippen LogP contribution in [0.25, 0.3) is 16.7 Å². The Morgan fingerprint density at radius 2 is 1.89 bits per heavy atom. The maximum absolute atomic E-state index is 14.7. The van der Waals surface area contributed by atoms with Gasteiger partial charge in [-0.15, -0.1) is 0 Å². The molecule has 8 rings (SSSR count). The van der Waals surface area contributed by atoms with Crippen LogP contribution in [0.15, 0.2) is 30.7 Å². The van der Waals surface area contributed by atoms with Gasteiger partial charge in [0.1, 0.15) is 29.9 Å². The molecule has 3 N–H and O–H groups in total.